The third kappa shape index (κ3) is 4.84. The number of benzene rings is 1. The summed E-state index contributed by atoms with van der Waals surface area (Å²) in [6, 6.07) is 5.28. The molecule has 2 aliphatic rings. The highest BCUT2D eigenvalue weighted by Crippen LogP contribution is 2.33. The number of piperidine rings is 1. The van der Waals surface area contributed by atoms with Gasteiger partial charge in [0.25, 0.3) is 5.91 Å². The van der Waals surface area contributed by atoms with Crippen molar-refractivity contribution in [3.63, 3.8) is 0 Å². The number of likely N-dealkylation sites (tertiary alicyclic amines) is 1. The molecule has 1 aromatic carbocycles. The molecule has 2 amide bonds. The van der Waals surface area contributed by atoms with Crippen molar-refractivity contribution in [2.75, 3.05) is 33.5 Å². The van der Waals surface area contributed by atoms with E-state index in [1.54, 1.807) is 30.1 Å². The second kappa shape index (κ2) is 7.66. The first-order valence-corrected chi connectivity index (χ1v) is 9.36. The molecule has 1 atom stereocenters. The fourth-order valence-corrected chi connectivity index (χ4v) is 3.41. The zero-order chi connectivity index (χ0) is 19.6. The Morgan fingerprint density at radius 1 is 1.26 bits per heavy atom. The molecule has 0 unspecified atom stereocenters. The minimum Gasteiger partial charge on any atom is -0.454 e. The van der Waals surface area contributed by atoms with Crippen molar-refractivity contribution in [2.24, 2.45) is 5.92 Å². The maximum atomic E-state index is 12.9. The summed E-state index contributed by atoms with van der Waals surface area (Å²) in [6.07, 6.45) is 1.57. The fraction of sp³-hybridized carbons (Fsp3) is 0.600. The third-order valence-corrected chi connectivity index (χ3v) is 4.66. The molecule has 7 heteroatoms. The van der Waals surface area contributed by atoms with Gasteiger partial charge in [-0.3, -0.25) is 4.79 Å². The molecule has 1 aromatic rings. The number of hydrogen-bond acceptors (Lipinski definition) is 5. The summed E-state index contributed by atoms with van der Waals surface area (Å²) >= 11 is 0. The fourth-order valence-electron chi connectivity index (χ4n) is 3.41. The van der Waals surface area contributed by atoms with Crippen LogP contribution in [0.5, 0.6) is 11.5 Å². The van der Waals surface area contributed by atoms with Gasteiger partial charge in [0.1, 0.15) is 5.60 Å². The van der Waals surface area contributed by atoms with E-state index in [2.05, 4.69) is 0 Å². The van der Waals surface area contributed by atoms with Gasteiger partial charge in [-0.2, -0.15) is 0 Å². The molecule has 0 spiro atoms. The van der Waals surface area contributed by atoms with Crippen molar-refractivity contribution < 1.29 is 23.8 Å². The van der Waals surface area contributed by atoms with Gasteiger partial charge in [0.2, 0.25) is 6.79 Å². The number of ether oxygens (including phenoxy) is 3. The van der Waals surface area contributed by atoms with Crippen molar-refractivity contribution >= 4 is 12.0 Å². The number of amides is 2. The summed E-state index contributed by atoms with van der Waals surface area (Å²) in [7, 11) is 1.74. The molecule has 0 aromatic heterocycles. The van der Waals surface area contributed by atoms with Crippen LogP contribution in [0.4, 0.5) is 4.79 Å². The Labute approximate surface area is 160 Å². The van der Waals surface area contributed by atoms with E-state index in [1.165, 1.54) is 0 Å². The molecule has 1 saturated heterocycles. The van der Waals surface area contributed by atoms with Crippen molar-refractivity contribution in [2.45, 2.75) is 39.2 Å². The van der Waals surface area contributed by atoms with Gasteiger partial charge >= 0.3 is 6.09 Å². The Balaban J connectivity index is 1.59. The molecule has 7 nitrogen and oxygen atoms in total. The first kappa shape index (κ1) is 19.3. The lowest BCUT2D eigenvalue weighted by Gasteiger charge is -2.35. The van der Waals surface area contributed by atoms with Gasteiger partial charge in [-0.25, -0.2) is 4.79 Å². The van der Waals surface area contributed by atoms with E-state index in [9.17, 15) is 9.59 Å². The van der Waals surface area contributed by atoms with E-state index >= 15 is 0 Å². The maximum absolute atomic E-state index is 12.9. The summed E-state index contributed by atoms with van der Waals surface area (Å²) < 4.78 is 16.1. The van der Waals surface area contributed by atoms with Crippen LogP contribution in [-0.2, 0) is 4.74 Å². The molecule has 1 fully saturated rings. The Morgan fingerprint density at radius 2 is 2.00 bits per heavy atom. The monoisotopic (exact) mass is 376 g/mol. The number of carbonyl (C=O) groups excluding carboxylic acids is 2. The van der Waals surface area contributed by atoms with Crippen LogP contribution >= 0.6 is 0 Å². The average Bonchev–Trinajstić information content (AvgIpc) is 3.07. The normalized spacial score (nSPS) is 19.0. The van der Waals surface area contributed by atoms with Gasteiger partial charge in [0.15, 0.2) is 11.5 Å². The molecule has 27 heavy (non-hydrogen) atoms. The van der Waals surface area contributed by atoms with Crippen LogP contribution in [0.25, 0.3) is 0 Å². The second-order valence-electron chi connectivity index (χ2n) is 8.19. The first-order valence-electron chi connectivity index (χ1n) is 9.36. The molecule has 0 saturated carbocycles. The standard InChI is InChI=1S/C20H28N2O5/c1-20(2,3)27-19(24)21(4)11-14-6-5-9-22(12-14)18(23)15-7-8-16-17(10-15)26-13-25-16/h7-8,10,14H,5-6,9,11-13H2,1-4H3/t14-/m0/s1. The predicted octanol–water partition coefficient (Wildman–Crippen LogP) is 3.13. The molecule has 2 heterocycles. The number of carbonyl (C=O) groups is 2. The number of hydrogen-bond donors (Lipinski definition) is 0. The Morgan fingerprint density at radius 3 is 2.74 bits per heavy atom. The van der Waals surface area contributed by atoms with E-state index in [0.717, 1.165) is 19.4 Å². The van der Waals surface area contributed by atoms with Crippen molar-refractivity contribution in [3.05, 3.63) is 23.8 Å². The number of fused-ring (bicyclic) bond motifs is 1. The van der Waals surface area contributed by atoms with Gasteiger partial charge < -0.3 is 24.0 Å². The summed E-state index contributed by atoms with van der Waals surface area (Å²) in [6.45, 7) is 7.66. The summed E-state index contributed by atoms with van der Waals surface area (Å²) in [5, 5.41) is 0. The Bertz CT molecular complexity index is 713. The van der Waals surface area contributed by atoms with E-state index in [1.807, 2.05) is 25.7 Å². The number of nitrogens with zero attached hydrogens (tertiary/aromatic N) is 2. The van der Waals surface area contributed by atoms with Gasteiger partial charge in [-0.05, 0) is 57.7 Å². The zero-order valence-electron chi connectivity index (χ0n) is 16.5. The predicted molar refractivity (Wildman–Crippen MR) is 100 cm³/mol. The molecule has 0 aliphatic carbocycles. The van der Waals surface area contributed by atoms with Crippen molar-refractivity contribution in [3.8, 4) is 11.5 Å². The summed E-state index contributed by atoms with van der Waals surface area (Å²) in [5.74, 6) is 1.49. The Hall–Kier alpha value is -2.44. The highest BCUT2D eigenvalue weighted by Gasteiger charge is 2.28. The molecular weight excluding hydrogens is 348 g/mol. The SMILES string of the molecule is CN(C[C@@H]1CCCN(C(=O)c2ccc3c(c2)OCO3)C1)C(=O)OC(C)(C)C. The van der Waals surface area contributed by atoms with Gasteiger partial charge in [-0.1, -0.05) is 0 Å². The van der Waals surface area contributed by atoms with Crippen LogP contribution in [0.3, 0.4) is 0 Å². The van der Waals surface area contributed by atoms with Crippen LogP contribution in [0.15, 0.2) is 18.2 Å². The molecule has 2 aliphatic heterocycles. The largest absolute Gasteiger partial charge is 0.454 e. The molecule has 0 bridgehead atoms. The minimum atomic E-state index is -0.515. The highest BCUT2D eigenvalue weighted by molar-refractivity contribution is 5.95. The lowest BCUT2D eigenvalue weighted by atomic mass is 9.97. The smallest absolute Gasteiger partial charge is 0.410 e. The first-order chi connectivity index (χ1) is 12.7. The molecule has 3 rings (SSSR count). The topological polar surface area (TPSA) is 68.3 Å². The van der Waals surface area contributed by atoms with E-state index in [0.29, 0.717) is 30.2 Å². The summed E-state index contributed by atoms with van der Waals surface area (Å²) in [4.78, 5) is 28.5. The lowest BCUT2D eigenvalue weighted by molar-refractivity contribution is 0.0244. The zero-order valence-corrected chi connectivity index (χ0v) is 16.5. The molecule has 0 N–H and O–H groups in total. The van der Waals surface area contributed by atoms with Crippen LogP contribution in [0, 0.1) is 5.92 Å². The van der Waals surface area contributed by atoms with Gasteiger partial charge in [0, 0.05) is 32.2 Å². The van der Waals surface area contributed by atoms with Crippen molar-refractivity contribution in [1.29, 1.82) is 0 Å². The van der Waals surface area contributed by atoms with Crippen molar-refractivity contribution in [1.82, 2.24) is 9.80 Å². The molecular formula is C20H28N2O5. The van der Waals surface area contributed by atoms with E-state index in [-0.39, 0.29) is 24.7 Å². The van der Waals surface area contributed by atoms with E-state index in [4.69, 9.17) is 14.2 Å². The number of rotatable bonds is 3. The van der Waals surface area contributed by atoms with Crippen LogP contribution in [0.1, 0.15) is 44.0 Å². The summed E-state index contributed by atoms with van der Waals surface area (Å²) in [5.41, 5.74) is 0.0830. The van der Waals surface area contributed by atoms with E-state index < -0.39 is 5.60 Å². The quantitative estimate of drug-likeness (QED) is 0.811. The van der Waals surface area contributed by atoms with Crippen LogP contribution in [-0.4, -0.2) is 60.9 Å². The third-order valence-electron chi connectivity index (χ3n) is 4.66. The van der Waals surface area contributed by atoms with Crippen LogP contribution in [0.2, 0.25) is 0 Å². The second-order valence-corrected chi connectivity index (χ2v) is 8.19. The minimum absolute atomic E-state index is 0.0158. The molecule has 148 valence electrons. The van der Waals surface area contributed by atoms with Crippen LogP contribution < -0.4 is 9.47 Å². The molecule has 0 radical (unpaired) electrons. The highest BCUT2D eigenvalue weighted by atomic mass is 16.7. The maximum Gasteiger partial charge on any atom is 0.410 e. The van der Waals surface area contributed by atoms with Gasteiger partial charge in [0.05, 0.1) is 0 Å². The Kier molecular flexibility index (Phi) is 5.48. The van der Waals surface area contributed by atoms with Gasteiger partial charge in [-0.15, -0.1) is 0 Å². The lowest BCUT2D eigenvalue weighted by Crippen LogP contribution is -2.45. The average molecular weight is 376 g/mol.